The number of hydrogen-bond acceptors (Lipinski definition) is 3. The van der Waals surface area contributed by atoms with Crippen LogP contribution in [0, 0.1) is 11.3 Å². The summed E-state index contributed by atoms with van der Waals surface area (Å²) in [5.41, 5.74) is -0.685. The maximum Gasteiger partial charge on any atom is 0.252 e. The zero-order valence-corrected chi connectivity index (χ0v) is 11.7. The zero-order chi connectivity index (χ0) is 12.6. The molecule has 0 atom stereocenters. The Hall–Kier alpha value is -0.220. The van der Waals surface area contributed by atoms with Gasteiger partial charge in [-0.3, -0.25) is 4.79 Å². The Morgan fingerprint density at radius 3 is 2.39 bits per heavy atom. The quantitative estimate of drug-likeness (QED) is 0.820. The van der Waals surface area contributed by atoms with E-state index >= 15 is 0 Å². The summed E-state index contributed by atoms with van der Waals surface area (Å²) in [6.45, 7) is 0.798. The molecule has 18 heavy (non-hydrogen) atoms. The van der Waals surface area contributed by atoms with Crippen LogP contribution in [0.15, 0.2) is 0 Å². The SMILES string of the molecule is O=C(NCC1(C2CC2)CCC1)C1(O)CCSCC1. The molecule has 0 aromatic heterocycles. The highest BCUT2D eigenvalue weighted by Crippen LogP contribution is 2.56. The van der Waals surface area contributed by atoms with Crippen molar-refractivity contribution in [2.45, 2.75) is 50.5 Å². The van der Waals surface area contributed by atoms with E-state index in [0.29, 0.717) is 18.3 Å². The average Bonchev–Trinajstić information content (AvgIpc) is 3.13. The Kier molecular flexibility index (Phi) is 3.35. The number of hydrogen-bond donors (Lipinski definition) is 2. The molecular formula is C14H23NO2S. The van der Waals surface area contributed by atoms with Crippen molar-refractivity contribution in [2.75, 3.05) is 18.1 Å². The third-order valence-corrected chi connectivity index (χ3v) is 6.12. The third-order valence-electron chi connectivity index (χ3n) is 5.14. The fourth-order valence-electron chi connectivity index (χ4n) is 3.41. The molecule has 0 aromatic carbocycles. The first-order valence-corrected chi connectivity index (χ1v) is 8.39. The number of amides is 1. The van der Waals surface area contributed by atoms with Gasteiger partial charge in [-0.25, -0.2) is 0 Å². The molecule has 4 heteroatoms. The predicted molar refractivity (Wildman–Crippen MR) is 73.5 cm³/mol. The minimum Gasteiger partial charge on any atom is -0.380 e. The minimum absolute atomic E-state index is 0.116. The van der Waals surface area contributed by atoms with Crippen molar-refractivity contribution >= 4 is 17.7 Å². The first-order chi connectivity index (χ1) is 8.65. The maximum absolute atomic E-state index is 12.2. The summed E-state index contributed by atoms with van der Waals surface area (Å²) >= 11 is 1.83. The third kappa shape index (κ3) is 2.29. The van der Waals surface area contributed by atoms with E-state index in [1.165, 1.54) is 32.1 Å². The van der Waals surface area contributed by atoms with Gasteiger partial charge in [0.1, 0.15) is 5.60 Å². The van der Waals surface area contributed by atoms with Gasteiger partial charge in [0.2, 0.25) is 0 Å². The first kappa shape index (κ1) is 12.8. The van der Waals surface area contributed by atoms with Crippen LogP contribution in [-0.2, 0) is 4.79 Å². The summed E-state index contributed by atoms with van der Waals surface area (Å²) in [5.74, 6) is 2.54. The van der Waals surface area contributed by atoms with E-state index in [0.717, 1.165) is 24.0 Å². The Bertz CT molecular complexity index is 331. The molecule has 3 nitrogen and oxygen atoms in total. The molecule has 102 valence electrons. The van der Waals surface area contributed by atoms with Gasteiger partial charge in [0.15, 0.2) is 0 Å². The summed E-state index contributed by atoms with van der Waals surface area (Å²) in [6, 6.07) is 0. The Labute approximate surface area is 113 Å². The number of aliphatic hydroxyl groups is 1. The van der Waals surface area contributed by atoms with Gasteiger partial charge in [-0.2, -0.15) is 11.8 Å². The van der Waals surface area contributed by atoms with Gasteiger partial charge in [0.25, 0.3) is 5.91 Å². The Morgan fingerprint density at radius 1 is 1.22 bits per heavy atom. The molecule has 0 bridgehead atoms. The largest absolute Gasteiger partial charge is 0.380 e. The molecule has 3 fully saturated rings. The van der Waals surface area contributed by atoms with Crippen LogP contribution >= 0.6 is 11.8 Å². The Balaban J connectivity index is 1.54. The summed E-state index contributed by atoms with van der Waals surface area (Å²) in [5, 5.41) is 13.4. The molecule has 0 spiro atoms. The van der Waals surface area contributed by atoms with Crippen molar-refractivity contribution in [1.29, 1.82) is 0 Å². The van der Waals surface area contributed by atoms with Crippen molar-refractivity contribution in [3.05, 3.63) is 0 Å². The van der Waals surface area contributed by atoms with Crippen molar-refractivity contribution in [1.82, 2.24) is 5.32 Å². The highest BCUT2D eigenvalue weighted by Gasteiger charge is 2.49. The topological polar surface area (TPSA) is 49.3 Å². The average molecular weight is 269 g/mol. The lowest BCUT2D eigenvalue weighted by Gasteiger charge is -2.43. The highest BCUT2D eigenvalue weighted by molar-refractivity contribution is 7.99. The van der Waals surface area contributed by atoms with Crippen molar-refractivity contribution in [2.24, 2.45) is 11.3 Å². The predicted octanol–water partition coefficient (Wildman–Crippen LogP) is 1.94. The molecule has 2 N–H and O–H groups in total. The molecule has 3 aliphatic rings. The molecule has 1 heterocycles. The van der Waals surface area contributed by atoms with E-state index in [-0.39, 0.29) is 5.91 Å². The van der Waals surface area contributed by atoms with Crippen molar-refractivity contribution in [3.8, 4) is 0 Å². The normalized spacial score (nSPS) is 29.4. The molecule has 0 unspecified atom stereocenters. The van der Waals surface area contributed by atoms with Crippen LogP contribution in [0.25, 0.3) is 0 Å². The fraction of sp³-hybridized carbons (Fsp3) is 0.929. The molecule has 0 radical (unpaired) electrons. The van der Waals surface area contributed by atoms with Gasteiger partial charge in [-0.05, 0) is 61.4 Å². The molecule has 1 aliphatic heterocycles. The molecule has 1 amide bonds. The van der Waals surface area contributed by atoms with Crippen LogP contribution in [0.4, 0.5) is 0 Å². The van der Waals surface area contributed by atoms with Gasteiger partial charge in [-0.15, -0.1) is 0 Å². The number of rotatable bonds is 4. The fourth-order valence-corrected chi connectivity index (χ4v) is 4.58. The Morgan fingerprint density at radius 2 is 1.89 bits per heavy atom. The number of thioether (sulfide) groups is 1. The second-order valence-electron chi connectivity index (χ2n) is 6.32. The van der Waals surface area contributed by atoms with Crippen LogP contribution in [0.3, 0.4) is 0 Å². The molecule has 2 saturated carbocycles. The monoisotopic (exact) mass is 269 g/mol. The van der Waals surface area contributed by atoms with Gasteiger partial charge >= 0.3 is 0 Å². The van der Waals surface area contributed by atoms with Gasteiger partial charge in [0, 0.05) is 6.54 Å². The number of carbonyl (C=O) groups is 1. The lowest BCUT2D eigenvalue weighted by molar-refractivity contribution is -0.141. The van der Waals surface area contributed by atoms with E-state index in [2.05, 4.69) is 5.32 Å². The van der Waals surface area contributed by atoms with Crippen molar-refractivity contribution in [3.63, 3.8) is 0 Å². The van der Waals surface area contributed by atoms with Crippen LogP contribution in [-0.4, -0.2) is 34.7 Å². The van der Waals surface area contributed by atoms with E-state index in [1.54, 1.807) is 0 Å². The maximum atomic E-state index is 12.2. The van der Waals surface area contributed by atoms with Gasteiger partial charge < -0.3 is 10.4 Å². The summed E-state index contributed by atoms with van der Waals surface area (Å²) in [7, 11) is 0. The first-order valence-electron chi connectivity index (χ1n) is 7.23. The smallest absolute Gasteiger partial charge is 0.252 e. The number of carbonyl (C=O) groups excluding carboxylic acids is 1. The van der Waals surface area contributed by atoms with Crippen LogP contribution in [0.5, 0.6) is 0 Å². The summed E-state index contributed by atoms with van der Waals surface area (Å²) < 4.78 is 0. The molecular weight excluding hydrogens is 246 g/mol. The van der Waals surface area contributed by atoms with E-state index in [4.69, 9.17) is 0 Å². The summed E-state index contributed by atoms with van der Waals surface area (Å²) in [6.07, 6.45) is 7.76. The van der Waals surface area contributed by atoms with Gasteiger partial charge in [-0.1, -0.05) is 6.42 Å². The van der Waals surface area contributed by atoms with Crippen molar-refractivity contribution < 1.29 is 9.90 Å². The second-order valence-corrected chi connectivity index (χ2v) is 7.54. The van der Waals surface area contributed by atoms with E-state index in [1.807, 2.05) is 11.8 Å². The van der Waals surface area contributed by atoms with Gasteiger partial charge in [0.05, 0.1) is 0 Å². The zero-order valence-electron chi connectivity index (χ0n) is 10.9. The molecule has 0 aromatic rings. The lowest BCUT2D eigenvalue weighted by Crippen LogP contribution is -2.53. The van der Waals surface area contributed by atoms with Crippen LogP contribution < -0.4 is 5.32 Å². The van der Waals surface area contributed by atoms with Crippen LogP contribution in [0.1, 0.15) is 44.9 Å². The molecule has 3 rings (SSSR count). The second kappa shape index (κ2) is 4.71. The van der Waals surface area contributed by atoms with Crippen LogP contribution in [0.2, 0.25) is 0 Å². The van der Waals surface area contributed by atoms with E-state index in [9.17, 15) is 9.90 Å². The molecule has 1 saturated heterocycles. The molecule has 2 aliphatic carbocycles. The lowest BCUT2D eigenvalue weighted by atomic mass is 9.65. The standard InChI is InChI=1S/C14H23NO2S/c16-12(14(17)6-8-18-9-7-14)15-10-13(4-1-5-13)11-2-3-11/h11,17H,1-10H2,(H,15,16). The minimum atomic E-state index is -1.08. The number of nitrogens with one attached hydrogen (secondary N) is 1. The summed E-state index contributed by atoms with van der Waals surface area (Å²) in [4.78, 5) is 12.2. The van der Waals surface area contributed by atoms with E-state index < -0.39 is 5.60 Å². The highest BCUT2D eigenvalue weighted by atomic mass is 32.2.